The number of hydrogen-bond acceptors (Lipinski definition) is 6. The molecule has 6 nitrogen and oxygen atoms in total. The normalized spacial score (nSPS) is 9.88. The van der Waals surface area contributed by atoms with Gasteiger partial charge in [0, 0.05) is 29.4 Å². The van der Waals surface area contributed by atoms with Crippen LogP contribution in [0.3, 0.4) is 0 Å². The van der Waals surface area contributed by atoms with Crippen LogP contribution in [0, 0.1) is 10.1 Å². The van der Waals surface area contributed by atoms with Crippen molar-refractivity contribution in [1.29, 1.82) is 0 Å². The van der Waals surface area contributed by atoms with E-state index in [1.165, 1.54) is 24.1 Å². The van der Waals surface area contributed by atoms with E-state index in [-0.39, 0.29) is 5.69 Å². The van der Waals surface area contributed by atoms with Crippen LogP contribution in [0.4, 0.5) is 11.6 Å². The summed E-state index contributed by atoms with van der Waals surface area (Å²) >= 11 is 1.30. The largest absolute Gasteiger partial charge is 0.294 e. The average molecular weight is 248 g/mol. The molecule has 0 amide bonds. The number of benzene rings is 1. The molecular weight excluding hydrogens is 240 g/mol. The first kappa shape index (κ1) is 11.3. The molecule has 86 valence electrons. The fourth-order valence-electron chi connectivity index (χ4n) is 1.09. The van der Waals surface area contributed by atoms with E-state index < -0.39 is 4.92 Å². The number of non-ortho nitro benzene ring substituents is 1. The van der Waals surface area contributed by atoms with Gasteiger partial charge in [0.15, 0.2) is 0 Å². The molecule has 0 spiro atoms. The first-order valence-electron chi connectivity index (χ1n) is 4.70. The molecule has 1 N–H and O–H groups in total. The zero-order chi connectivity index (χ0) is 12.1. The minimum absolute atomic E-state index is 0.0744. The molecule has 0 saturated heterocycles. The summed E-state index contributed by atoms with van der Waals surface area (Å²) in [4.78, 5) is 18.9. The zero-order valence-corrected chi connectivity index (χ0v) is 9.42. The second kappa shape index (κ2) is 5.26. The molecule has 2 aromatic rings. The van der Waals surface area contributed by atoms with Crippen LogP contribution >= 0.6 is 11.9 Å². The van der Waals surface area contributed by atoms with Gasteiger partial charge >= 0.3 is 0 Å². The molecule has 0 aliphatic rings. The molecule has 7 heteroatoms. The zero-order valence-electron chi connectivity index (χ0n) is 8.61. The fourth-order valence-corrected chi connectivity index (χ4v) is 1.68. The van der Waals surface area contributed by atoms with Crippen molar-refractivity contribution >= 4 is 23.6 Å². The maximum atomic E-state index is 10.5. The van der Waals surface area contributed by atoms with Crippen LogP contribution < -0.4 is 4.72 Å². The molecule has 0 unspecified atom stereocenters. The second-order valence-corrected chi connectivity index (χ2v) is 3.91. The first-order valence-corrected chi connectivity index (χ1v) is 5.52. The molecule has 0 aliphatic carbocycles. The van der Waals surface area contributed by atoms with Gasteiger partial charge in [-0.1, -0.05) is 0 Å². The maximum absolute atomic E-state index is 10.5. The van der Waals surface area contributed by atoms with Gasteiger partial charge in [0.05, 0.1) is 4.92 Å². The Hall–Kier alpha value is -2.15. The lowest BCUT2D eigenvalue weighted by Gasteiger charge is -2.02. The molecule has 0 atom stereocenters. The molecule has 0 aliphatic heterocycles. The average Bonchev–Trinajstić information content (AvgIpc) is 2.38. The number of hydrogen-bond donors (Lipinski definition) is 1. The predicted molar refractivity (Wildman–Crippen MR) is 64.6 cm³/mol. The summed E-state index contributed by atoms with van der Waals surface area (Å²) < 4.78 is 2.93. The number of nitro groups is 1. The van der Waals surface area contributed by atoms with E-state index >= 15 is 0 Å². The SMILES string of the molecule is O=[N+]([O-])c1ccc(SNc2ncccn2)cc1. The van der Waals surface area contributed by atoms with Crippen molar-refractivity contribution in [3.05, 3.63) is 52.8 Å². The van der Waals surface area contributed by atoms with Crippen molar-refractivity contribution in [3.63, 3.8) is 0 Å². The molecule has 1 aromatic heterocycles. The highest BCUT2D eigenvalue weighted by molar-refractivity contribution is 8.00. The Balaban J connectivity index is 1.98. The van der Waals surface area contributed by atoms with Crippen LogP contribution in [0.25, 0.3) is 0 Å². The van der Waals surface area contributed by atoms with Crippen molar-refractivity contribution in [2.24, 2.45) is 0 Å². The third-order valence-corrected chi connectivity index (χ3v) is 2.67. The molecular formula is C10H8N4O2S. The second-order valence-electron chi connectivity index (χ2n) is 3.03. The molecule has 2 rings (SSSR count). The highest BCUT2D eigenvalue weighted by Gasteiger charge is 2.04. The Morgan fingerprint density at radius 2 is 1.82 bits per heavy atom. The summed E-state index contributed by atoms with van der Waals surface area (Å²) in [6.45, 7) is 0. The van der Waals surface area contributed by atoms with Crippen LogP contribution in [0.5, 0.6) is 0 Å². The Labute approximate surface area is 101 Å². The van der Waals surface area contributed by atoms with Gasteiger partial charge in [0.2, 0.25) is 5.95 Å². The summed E-state index contributed by atoms with van der Waals surface area (Å²) in [5, 5.41) is 10.5. The van der Waals surface area contributed by atoms with Crippen LogP contribution in [-0.2, 0) is 0 Å². The fraction of sp³-hybridized carbons (Fsp3) is 0. The molecule has 0 fully saturated rings. The smallest absolute Gasteiger partial charge is 0.269 e. The van der Waals surface area contributed by atoms with Crippen LogP contribution in [-0.4, -0.2) is 14.9 Å². The van der Waals surface area contributed by atoms with Crippen molar-refractivity contribution < 1.29 is 4.92 Å². The van der Waals surface area contributed by atoms with E-state index in [0.717, 1.165) is 4.90 Å². The Bertz CT molecular complexity index is 503. The minimum atomic E-state index is -0.428. The van der Waals surface area contributed by atoms with E-state index in [2.05, 4.69) is 14.7 Å². The third kappa shape index (κ3) is 3.15. The van der Waals surface area contributed by atoms with Gasteiger partial charge in [-0.05, 0) is 30.1 Å². The number of nitro benzene ring substituents is 1. The quantitative estimate of drug-likeness (QED) is 0.508. The van der Waals surface area contributed by atoms with Gasteiger partial charge in [-0.3, -0.25) is 14.8 Å². The van der Waals surface area contributed by atoms with Gasteiger partial charge < -0.3 is 0 Å². The van der Waals surface area contributed by atoms with Crippen LogP contribution in [0.15, 0.2) is 47.6 Å². The Morgan fingerprint density at radius 1 is 1.18 bits per heavy atom. The maximum Gasteiger partial charge on any atom is 0.269 e. The van der Waals surface area contributed by atoms with E-state index in [9.17, 15) is 10.1 Å². The predicted octanol–water partition coefficient (Wildman–Crippen LogP) is 2.50. The Kier molecular flexibility index (Phi) is 3.51. The van der Waals surface area contributed by atoms with Crippen molar-refractivity contribution in [2.75, 3.05) is 4.72 Å². The van der Waals surface area contributed by atoms with Gasteiger partial charge in [0.1, 0.15) is 0 Å². The third-order valence-electron chi connectivity index (χ3n) is 1.87. The van der Waals surface area contributed by atoms with Crippen molar-refractivity contribution in [1.82, 2.24) is 9.97 Å². The molecule has 0 bridgehead atoms. The molecule has 17 heavy (non-hydrogen) atoms. The minimum Gasteiger partial charge on any atom is -0.294 e. The number of aromatic nitrogens is 2. The van der Waals surface area contributed by atoms with Crippen LogP contribution in [0.1, 0.15) is 0 Å². The number of nitrogens with zero attached hydrogens (tertiary/aromatic N) is 3. The van der Waals surface area contributed by atoms with E-state index in [1.54, 1.807) is 30.6 Å². The molecule has 1 heterocycles. The van der Waals surface area contributed by atoms with Crippen molar-refractivity contribution in [2.45, 2.75) is 4.90 Å². The summed E-state index contributed by atoms with van der Waals surface area (Å²) in [7, 11) is 0. The van der Waals surface area contributed by atoms with Gasteiger partial charge in [0.25, 0.3) is 5.69 Å². The van der Waals surface area contributed by atoms with E-state index in [1.807, 2.05) is 0 Å². The highest BCUT2D eigenvalue weighted by Crippen LogP contribution is 2.21. The summed E-state index contributed by atoms with van der Waals surface area (Å²) in [6, 6.07) is 7.96. The lowest BCUT2D eigenvalue weighted by Crippen LogP contribution is -1.92. The summed E-state index contributed by atoms with van der Waals surface area (Å²) in [6.07, 6.45) is 3.26. The van der Waals surface area contributed by atoms with Gasteiger partial charge in [-0.25, -0.2) is 9.97 Å². The standard InChI is InChI=1S/C10H8N4O2S/c15-14(16)8-2-4-9(5-3-8)17-13-10-11-6-1-7-12-10/h1-7H,(H,11,12,13). The molecule has 0 radical (unpaired) electrons. The summed E-state index contributed by atoms with van der Waals surface area (Å²) in [5.41, 5.74) is 0.0744. The van der Waals surface area contributed by atoms with Crippen molar-refractivity contribution in [3.8, 4) is 0 Å². The van der Waals surface area contributed by atoms with E-state index in [0.29, 0.717) is 5.95 Å². The van der Waals surface area contributed by atoms with Crippen LogP contribution in [0.2, 0.25) is 0 Å². The molecule has 1 aromatic carbocycles. The Morgan fingerprint density at radius 3 is 2.41 bits per heavy atom. The monoisotopic (exact) mass is 248 g/mol. The number of rotatable bonds is 4. The van der Waals surface area contributed by atoms with Gasteiger partial charge in [-0.2, -0.15) is 0 Å². The lowest BCUT2D eigenvalue weighted by atomic mass is 10.3. The first-order chi connectivity index (χ1) is 8.25. The highest BCUT2D eigenvalue weighted by atomic mass is 32.2. The van der Waals surface area contributed by atoms with Gasteiger partial charge in [-0.15, -0.1) is 0 Å². The summed E-state index contributed by atoms with van der Waals surface area (Å²) in [5.74, 6) is 0.496. The molecule has 0 saturated carbocycles. The van der Waals surface area contributed by atoms with E-state index in [4.69, 9.17) is 0 Å². The number of anilines is 1. The topological polar surface area (TPSA) is 81.0 Å². The lowest BCUT2D eigenvalue weighted by molar-refractivity contribution is -0.384. The number of nitrogens with one attached hydrogen (secondary N) is 1.